The smallest absolute Gasteiger partial charge is 0.302 e. The van der Waals surface area contributed by atoms with E-state index in [1.165, 1.54) is 56.9 Å². The van der Waals surface area contributed by atoms with Crippen LogP contribution in [0.5, 0.6) is 0 Å². The molecule has 0 saturated heterocycles. The van der Waals surface area contributed by atoms with Crippen molar-refractivity contribution >= 4 is 5.97 Å². The summed E-state index contributed by atoms with van der Waals surface area (Å²) < 4.78 is 5.80. The van der Waals surface area contributed by atoms with Crippen molar-refractivity contribution in [3.05, 3.63) is 12.2 Å². The SMILES string of the molecule is C=C(C)[C@@H]1CC[C@]2(C)[C@H](CC[C@@H]3[C@H]4[C@H](C(C)C)CC[C@]4(COC(C)=O)CC[C@]32C)[C@@]1(C)CCC#N. The second-order valence-corrected chi connectivity index (χ2v) is 14.3. The number of fused-ring (bicyclic) bond motifs is 5. The first-order valence-corrected chi connectivity index (χ1v) is 14.5. The molecule has 0 amide bonds. The molecule has 0 unspecified atom stereocenters. The van der Waals surface area contributed by atoms with Gasteiger partial charge >= 0.3 is 5.97 Å². The topological polar surface area (TPSA) is 50.1 Å². The summed E-state index contributed by atoms with van der Waals surface area (Å²) >= 11 is 0. The Bertz CT molecular complexity index is 886. The van der Waals surface area contributed by atoms with Crippen LogP contribution in [0.2, 0.25) is 0 Å². The highest BCUT2D eigenvalue weighted by Crippen LogP contribution is 2.76. The maximum absolute atomic E-state index is 11.9. The van der Waals surface area contributed by atoms with E-state index in [9.17, 15) is 10.1 Å². The minimum Gasteiger partial charge on any atom is -0.465 e. The molecule has 0 aromatic heterocycles. The maximum atomic E-state index is 11.9. The standard InChI is InChI=1S/C32H51NO2/c1-21(2)24-12-16-32(20-35-23(5)34)18-17-30(7)26(28(24)32)10-11-27-29(6,14-9-19-33)25(22(3)4)13-15-31(27,30)8/h21,24-28H,3,9-18,20H2,1-2,4-8H3/t24-,25-,26+,27+,28+,29-,30+,31+,32+/m0/s1. The highest BCUT2D eigenvalue weighted by Gasteiger charge is 2.69. The molecule has 3 nitrogen and oxygen atoms in total. The fraction of sp³-hybridized carbons (Fsp3) is 0.875. The zero-order valence-corrected chi connectivity index (χ0v) is 23.7. The molecular formula is C32H51NO2. The van der Waals surface area contributed by atoms with Crippen molar-refractivity contribution in [2.24, 2.45) is 57.2 Å². The number of ether oxygens (including phenoxy) is 1. The Labute approximate surface area is 215 Å². The highest BCUT2D eigenvalue weighted by atomic mass is 16.5. The molecule has 4 rings (SSSR count). The molecule has 3 heteroatoms. The number of carbonyl (C=O) groups is 1. The molecule has 35 heavy (non-hydrogen) atoms. The van der Waals surface area contributed by atoms with Gasteiger partial charge in [0.1, 0.15) is 0 Å². The van der Waals surface area contributed by atoms with Gasteiger partial charge in [-0.15, -0.1) is 0 Å². The largest absolute Gasteiger partial charge is 0.465 e. The molecule has 0 bridgehead atoms. The molecule has 0 radical (unpaired) electrons. The average Bonchev–Trinajstić information content (AvgIpc) is 3.17. The third-order valence-corrected chi connectivity index (χ3v) is 12.7. The zero-order valence-electron chi connectivity index (χ0n) is 23.7. The molecule has 0 aromatic carbocycles. The Morgan fingerprint density at radius 1 is 1.03 bits per heavy atom. The van der Waals surface area contributed by atoms with E-state index in [1.54, 1.807) is 6.92 Å². The minimum atomic E-state index is -0.124. The molecule has 4 saturated carbocycles. The number of nitriles is 1. The van der Waals surface area contributed by atoms with Crippen LogP contribution in [0.4, 0.5) is 0 Å². The van der Waals surface area contributed by atoms with E-state index in [2.05, 4.69) is 54.2 Å². The van der Waals surface area contributed by atoms with Gasteiger partial charge < -0.3 is 4.74 Å². The number of nitrogens with zero attached hydrogens (tertiary/aromatic N) is 1. The van der Waals surface area contributed by atoms with E-state index < -0.39 is 0 Å². The Hall–Kier alpha value is -1.30. The van der Waals surface area contributed by atoms with Crippen LogP contribution >= 0.6 is 0 Å². The lowest BCUT2D eigenvalue weighted by Gasteiger charge is -2.71. The third kappa shape index (κ3) is 3.92. The summed E-state index contributed by atoms with van der Waals surface area (Å²) in [5.74, 6) is 3.79. The average molecular weight is 482 g/mol. The predicted octanol–water partition coefficient (Wildman–Crippen LogP) is 8.35. The minimum absolute atomic E-state index is 0.124. The first-order valence-electron chi connectivity index (χ1n) is 14.5. The van der Waals surface area contributed by atoms with Crippen molar-refractivity contribution in [3.8, 4) is 6.07 Å². The summed E-state index contributed by atoms with van der Waals surface area (Å²) in [6.45, 7) is 21.5. The summed E-state index contributed by atoms with van der Waals surface area (Å²) in [4.78, 5) is 11.9. The first kappa shape index (κ1) is 26.8. The molecule has 0 heterocycles. The zero-order chi connectivity index (χ0) is 25.8. The number of hydrogen-bond acceptors (Lipinski definition) is 3. The third-order valence-electron chi connectivity index (χ3n) is 12.7. The summed E-state index contributed by atoms with van der Waals surface area (Å²) in [5.41, 5.74) is 2.23. The lowest BCUT2D eigenvalue weighted by molar-refractivity contribution is -0.223. The second kappa shape index (κ2) is 9.22. The molecule has 0 spiro atoms. The van der Waals surface area contributed by atoms with Crippen molar-refractivity contribution in [1.82, 2.24) is 0 Å². The second-order valence-electron chi connectivity index (χ2n) is 14.3. The van der Waals surface area contributed by atoms with Gasteiger partial charge in [0.05, 0.1) is 12.7 Å². The van der Waals surface area contributed by atoms with E-state index in [-0.39, 0.29) is 22.2 Å². The fourth-order valence-electron chi connectivity index (χ4n) is 10.9. The number of esters is 1. The van der Waals surface area contributed by atoms with Gasteiger partial charge in [-0.25, -0.2) is 0 Å². The Morgan fingerprint density at radius 3 is 2.34 bits per heavy atom. The van der Waals surface area contributed by atoms with Crippen LogP contribution in [0.25, 0.3) is 0 Å². The van der Waals surface area contributed by atoms with Crippen LogP contribution in [-0.2, 0) is 9.53 Å². The number of carbonyl (C=O) groups excluding carboxylic acids is 1. The Balaban J connectivity index is 1.74. The normalized spacial score (nSPS) is 46.8. The van der Waals surface area contributed by atoms with Crippen molar-refractivity contribution in [2.75, 3.05) is 6.61 Å². The van der Waals surface area contributed by atoms with E-state index >= 15 is 0 Å². The maximum Gasteiger partial charge on any atom is 0.302 e. The van der Waals surface area contributed by atoms with Crippen LogP contribution in [0.1, 0.15) is 113 Å². The molecule has 0 aromatic rings. The summed E-state index contributed by atoms with van der Waals surface area (Å²) in [5, 5.41) is 9.53. The lowest BCUT2D eigenvalue weighted by Crippen LogP contribution is -2.64. The van der Waals surface area contributed by atoms with Crippen molar-refractivity contribution in [1.29, 1.82) is 5.26 Å². The van der Waals surface area contributed by atoms with Gasteiger partial charge in [0, 0.05) is 18.8 Å². The molecule has 4 fully saturated rings. The predicted molar refractivity (Wildman–Crippen MR) is 142 cm³/mol. The van der Waals surface area contributed by atoms with E-state index in [1.807, 2.05) is 0 Å². The van der Waals surface area contributed by atoms with Crippen LogP contribution in [0.15, 0.2) is 12.2 Å². The van der Waals surface area contributed by atoms with E-state index in [4.69, 9.17) is 4.74 Å². The molecule has 0 aliphatic heterocycles. The summed E-state index contributed by atoms with van der Waals surface area (Å²) in [7, 11) is 0. The number of hydrogen-bond donors (Lipinski definition) is 0. The Morgan fingerprint density at radius 2 is 1.74 bits per heavy atom. The molecule has 196 valence electrons. The van der Waals surface area contributed by atoms with Crippen LogP contribution < -0.4 is 0 Å². The number of rotatable bonds is 6. The van der Waals surface area contributed by atoms with Crippen molar-refractivity contribution in [2.45, 2.75) is 113 Å². The summed E-state index contributed by atoms with van der Waals surface area (Å²) in [6.07, 6.45) is 11.6. The fourth-order valence-corrected chi connectivity index (χ4v) is 10.9. The van der Waals surface area contributed by atoms with Gasteiger partial charge in [-0.3, -0.25) is 4.79 Å². The lowest BCUT2D eigenvalue weighted by atomic mass is 9.34. The highest BCUT2D eigenvalue weighted by molar-refractivity contribution is 5.65. The van der Waals surface area contributed by atoms with Crippen LogP contribution in [-0.4, -0.2) is 12.6 Å². The van der Waals surface area contributed by atoms with Gasteiger partial charge in [0.25, 0.3) is 0 Å². The molecule has 4 aliphatic rings. The quantitative estimate of drug-likeness (QED) is 0.283. The number of allylic oxidation sites excluding steroid dienone is 1. The van der Waals surface area contributed by atoms with Crippen LogP contribution in [0.3, 0.4) is 0 Å². The molecular weight excluding hydrogens is 430 g/mol. The van der Waals surface area contributed by atoms with Gasteiger partial charge in [0.2, 0.25) is 0 Å². The summed E-state index contributed by atoms with van der Waals surface area (Å²) in [6, 6.07) is 2.48. The first-order chi connectivity index (χ1) is 16.4. The molecule has 0 N–H and O–H groups in total. The van der Waals surface area contributed by atoms with Gasteiger partial charge in [-0.05, 0) is 116 Å². The van der Waals surface area contributed by atoms with Crippen molar-refractivity contribution < 1.29 is 9.53 Å². The van der Waals surface area contributed by atoms with Crippen molar-refractivity contribution in [3.63, 3.8) is 0 Å². The van der Waals surface area contributed by atoms with Gasteiger partial charge in [0.15, 0.2) is 0 Å². The van der Waals surface area contributed by atoms with E-state index in [0.29, 0.717) is 48.0 Å². The van der Waals surface area contributed by atoms with Gasteiger partial charge in [-0.2, -0.15) is 5.26 Å². The van der Waals surface area contributed by atoms with E-state index in [0.717, 1.165) is 12.3 Å². The Kier molecular flexibility index (Phi) is 7.05. The molecule has 9 atom stereocenters. The van der Waals surface area contributed by atoms with Crippen LogP contribution in [0, 0.1) is 68.5 Å². The van der Waals surface area contributed by atoms with Gasteiger partial charge in [-0.1, -0.05) is 46.8 Å². The monoisotopic (exact) mass is 481 g/mol. The molecule has 4 aliphatic carbocycles.